The van der Waals surface area contributed by atoms with Crippen molar-refractivity contribution in [2.45, 2.75) is 13.5 Å². The molecule has 0 saturated heterocycles. The molecule has 0 unspecified atom stereocenters. The molecule has 0 saturated carbocycles. The van der Waals surface area contributed by atoms with Crippen LogP contribution in [0.25, 0.3) is 0 Å². The molecule has 1 N–H and O–H groups in total. The predicted molar refractivity (Wildman–Crippen MR) is 97.4 cm³/mol. The number of nitrogens with one attached hydrogen (secondary N) is 1. The fourth-order valence-corrected chi connectivity index (χ4v) is 2.40. The number of aromatic nitrogens is 3. The smallest absolute Gasteiger partial charge is 0.278 e. The molecule has 0 atom stereocenters. The predicted octanol–water partition coefficient (Wildman–Crippen LogP) is 3.15. The van der Waals surface area contributed by atoms with E-state index in [1.807, 2.05) is 55.5 Å². The zero-order valence-corrected chi connectivity index (χ0v) is 14.0. The second-order valence-electron chi connectivity index (χ2n) is 5.35. The first-order chi connectivity index (χ1) is 12.3. The van der Waals surface area contributed by atoms with Crippen LogP contribution in [0.4, 0.5) is 11.5 Å². The molecule has 126 valence electrons. The van der Waals surface area contributed by atoms with Crippen LogP contribution in [-0.2, 0) is 6.54 Å². The maximum absolute atomic E-state index is 12.7. The second kappa shape index (κ2) is 8.01. The van der Waals surface area contributed by atoms with Crippen molar-refractivity contribution >= 4 is 17.4 Å². The number of nitrogens with zero attached hydrogens (tertiary/aromatic N) is 4. The molecule has 6 nitrogen and oxygen atoms in total. The average molecular weight is 333 g/mol. The number of rotatable bonds is 6. The van der Waals surface area contributed by atoms with Gasteiger partial charge in [-0.15, -0.1) is 0 Å². The number of carbonyl (C=O) groups excluding carboxylic acids is 1. The van der Waals surface area contributed by atoms with Crippen molar-refractivity contribution in [2.24, 2.45) is 0 Å². The fourth-order valence-electron chi connectivity index (χ4n) is 2.40. The van der Waals surface area contributed by atoms with Crippen LogP contribution in [-0.4, -0.2) is 27.4 Å². The minimum Gasteiger partial charge on any atom is -0.363 e. The van der Waals surface area contributed by atoms with Gasteiger partial charge >= 0.3 is 0 Å². The van der Waals surface area contributed by atoms with Crippen LogP contribution in [0.1, 0.15) is 23.1 Å². The molecule has 6 heteroatoms. The Kier molecular flexibility index (Phi) is 5.31. The van der Waals surface area contributed by atoms with E-state index >= 15 is 0 Å². The summed E-state index contributed by atoms with van der Waals surface area (Å²) in [6.45, 7) is 3.04. The summed E-state index contributed by atoms with van der Waals surface area (Å²) in [5.74, 6) is 0.433. The first kappa shape index (κ1) is 16.6. The Balaban J connectivity index is 1.68. The van der Waals surface area contributed by atoms with Crippen LogP contribution in [0.2, 0.25) is 0 Å². The monoisotopic (exact) mass is 333 g/mol. The zero-order valence-electron chi connectivity index (χ0n) is 14.0. The molecule has 2 heterocycles. The van der Waals surface area contributed by atoms with E-state index in [0.29, 0.717) is 24.6 Å². The zero-order chi connectivity index (χ0) is 17.5. The maximum Gasteiger partial charge on any atom is 0.278 e. The highest BCUT2D eigenvalue weighted by molar-refractivity contribution is 6.04. The van der Waals surface area contributed by atoms with Gasteiger partial charge in [0.15, 0.2) is 0 Å². The van der Waals surface area contributed by atoms with Gasteiger partial charge < -0.3 is 10.2 Å². The van der Waals surface area contributed by atoms with Gasteiger partial charge in [0.05, 0.1) is 24.6 Å². The van der Waals surface area contributed by atoms with Crippen LogP contribution < -0.4 is 10.2 Å². The fraction of sp³-hybridized carbons (Fsp3) is 0.158. The van der Waals surface area contributed by atoms with Crippen LogP contribution in [0.3, 0.4) is 0 Å². The number of para-hydroxylation sites is 1. The van der Waals surface area contributed by atoms with Gasteiger partial charge in [0.2, 0.25) is 0 Å². The van der Waals surface area contributed by atoms with Crippen molar-refractivity contribution in [3.8, 4) is 0 Å². The summed E-state index contributed by atoms with van der Waals surface area (Å²) in [5, 5.41) is 3.14. The molecule has 1 aromatic carbocycles. The van der Waals surface area contributed by atoms with Gasteiger partial charge in [-0.3, -0.25) is 9.78 Å². The van der Waals surface area contributed by atoms with Gasteiger partial charge in [-0.05, 0) is 31.2 Å². The van der Waals surface area contributed by atoms with Gasteiger partial charge in [-0.1, -0.05) is 24.3 Å². The first-order valence-electron chi connectivity index (χ1n) is 8.10. The summed E-state index contributed by atoms with van der Waals surface area (Å²) in [7, 11) is 0. The largest absolute Gasteiger partial charge is 0.363 e. The molecule has 0 radical (unpaired) electrons. The third kappa shape index (κ3) is 4.17. The Morgan fingerprint density at radius 2 is 1.80 bits per heavy atom. The summed E-state index contributed by atoms with van der Waals surface area (Å²) < 4.78 is 0. The third-order valence-electron chi connectivity index (χ3n) is 3.68. The molecular formula is C19H19N5O. The molecule has 0 spiro atoms. The molecule has 0 aliphatic rings. The van der Waals surface area contributed by atoms with Crippen molar-refractivity contribution < 1.29 is 4.79 Å². The number of hydrogen-bond donors (Lipinski definition) is 1. The second-order valence-corrected chi connectivity index (χ2v) is 5.35. The number of amides is 1. The molecule has 3 rings (SSSR count). The summed E-state index contributed by atoms with van der Waals surface area (Å²) in [6, 6.07) is 15.3. The number of pyridine rings is 1. The lowest BCUT2D eigenvalue weighted by atomic mass is 10.2. The molecule has 25 heavy (non-hydrogen) atoms. The Morgan fingerprint density at radius 3 is 2.44 bits per heavy atom. The van der Waals surface area contributed by atoms with E-state index in [4.69, 9.17) is 0 Å². The summed E-state index contributed by atoms with van der Waals surface area (Å²) in [5.41, 5.74) is 2.06. The SMILES string of the molecule is CCN(C(=O)c1cnc(NCc2ccccn2)cn1)c1ccccc1. The van der Waals surface area contributed by atoms with E-state index < -0.39 is 0 Å². The molecule has 0 fully saturated rings. The van der Waals surface area contributed by atoms with Crippen molar-refractivity contribution in [1.82, 2.24) is 15.0 Å². The molecule has 0 aliphatic heterocycles. The molecule has 2 aromatic heterocycles. The highest BCUT2D eigenvalue weighted by Gasteiger charge is 2.17. The Bertz CT molecular complexity index is 806. The van der Waals surface area contributed by atoms with Crippen molar-refractivity contribution in [3.63, 3.8) is 0 Å². The third-order valence-corrected chi connectivity index (χ3v) is 3.68. The molecule has 0 bridgehead atoms. The highest BCUT2D eigenvalue weighted by atomic mass is 16.2. The van der Waals surface area contributed by atoms with Gasteiger partial charge in [0, 0.05) is 18.4 Å². The van der Waals surface area contributed by atoms with Gasteiger partial charge in [0.1, 0.15) is 11.5 Å². The normalized spacial score (nSPS) is 10.3. The van der Waals surface area contributed by atoms with Gasteiger partial charge in [0.25, 0.3) is 5.91 Å². The van der Waals surface area contributed by atoms with Crippen molar-refractivity contribution in [3.05, 3.63) is 78.5 Å². The lowest BCUT2D eigenvalue weighted by Crippen LogP contribution is -2.31. The number of anilines is 2. The minimum atomic E-state index is -0.169. The summed E-state index contributed by atoms with van der Waals surface area (Å²) in [6.07, 6.45) is 4.80. The van der Waals surface area contributed by atoms with Gasteiger partial charge in [-0.25, -0.2) is 9.97 Å². The Labute approximate surface area is 146 Å². The molecule has 1 amide bonds. The van der Waals surface area contributed by atoms with Crippen molar-refractivity contribution in [1.29, 1.82) is 0 Å². The van der Waals surface area contributed by atoms with Gasteiger partial charge in [-0.2, -0.15) is 0 Å². The van der Waals surface area contributed by atoms with Crippen LogP contribution in [0.15, 0.2) is 67.1 Å². The van der Waals surface area contributed by atoms with E-state index in [-0.39, 0.29) is 5.91 Å². The summed E-state index contributed by atoms with van der Waals surface area (Å²) in [4.78, 5) is 27.1. The number of carbonyl (C=O) groups is 1. The number of hydrogen-bond acceptors (Lipinski definition) is 5. The van der Waals surface area contributed by atoms with E-state index in [2.05, 4.69) is 20.3 Å². The maximum atomic E-state index is 12.7. The van der Waals surface area contributed by atoms with Crippen LogP contribution in [0.5, 0.6) is 0 Å². The van der Waals surface area contributed by atoms with E-state index in [0.717, 1.165) is 11.4 Å². The van der Waals surface area contributed by atoms with Crippen LogP contribution >= 0.6 is 0 Å². The van der Waals surface area contributed by atoms with Crippen molar-refractivity contribution in [2.75, 3.05) is 16.8 Å². The molecule has 0 aliphatic carbocycles. The Hall–Kier alpha value is -3.28. The lowest BCUT2D eigenvalue weighted by Gasteiger charge is -2.20. The minimum absolute atomic E-state index is 0.169. The first-order valence-corrected chi connectivity index (χ1v) is 8.10. The number of benzene rings is 1. The lowest BCUT2D eigenvalue weighted by molar-refractivity contribution is 0.0983. The standard InChI is InChI=1S/C19H19N5O/c1-2-24(16-9-4-3-5-10-16)19(25)17-13-23-18(14-21-17)22-12-15-8-6-7-11-20-15/h3-11,13-14H,2,12H2,1H3,(H,22,23). The Morgan fingerprint density at radius 1 is 1.00 bits per heavy atom. The summed E-state index contributed by atoms with van der Waals surface area (Å²) >= 11 is 0. The van der Waals surface area contributed by atoms with E-state index in [1.165, 1.54) is 6.20 Å². The molecule has 3 aromatic rings. The van der Waals surface area contributed by atoms with E-state index in [9.17, 15) is 4.79 Å². The quantitative estimate of drug-likeness (QED) is 0.750. The highest BCUT2D eigenvalue weighted by Crippen LogP contribution is 2.16. The average Bonchev–Trinajstić information content (AvgIpc) is 2.69. The topological polar surface area (TPSA) is 71.0 Å². The molecular weight excluding hydrogens is 314 g/mol. The van der Waals surface area contributed by atoms with E-state index in [1.54, 1.807) is 17.3 Å². The van der Waals surface area contributed by atoms with Crippen LogP contribution in [0, 0.1) is 0 Å².